The van der Waals surface area contributed by atoms with E-state index in [1.807, 2.05) is 4.90 Å². The predicted molar refractivity (Wildman–Crippen MR) is 84.1 cm³/mol. The Morgan fingerprint density at radius 2 is 2.09 bits per heavy atom. The fourth-order valence-electron chi connectivity index (χ4n) is 4.05. The van der Waals surface area contributed by atoms with Crippen LogP contribution < -0.4 is 19.9 Å². The molecule has 0 aromatic heterocycles. The lowest BCUT2D eigenvalue weighted by Gasteiger charge is -2.23. The van der Waals surface area contributed by atoms with Crippen molar-refractivity contribution in [1.29, 1.82) is 0 Å². The summed E-state index contributed by atoms with van der Waals surface area (Å²) in [5, 5.41) is 0. The van der Waals surface area contributed by atoms with Crippen LogP contribution in [0.2, 0.25) is 0 Å². The number of carbonyl (C=O) groups excluding carboxylic acids is 1. The molecule has 4 rings (SSSR count). The molecule has 0 spiro atoms. The number of benzene rings is 1. The Bertz CT molecular complexity index is 616. The van der Waals surface area contributed by atoms with Crippen LogP contribution in [0.1, 0.15) is 23.2 Å². The van der Waals surface area contributed by atoms with E-state index in [9.17, 15) is 4.79 Å². The first-order valence-electron chi connectivity index (χ1n) is 8.20. The van der Waals surface area contributed by atoms with Crippen molar-refractivity contribution in [3.63, 3.8) is 0 Å². The zero-order valence-electron chi connectivity index (χ0n) is 13.3. The minimum Gasteiger partial charge on any atom is -0.493 e. The van der Waals surface area contributed by atoms with E-state index >= 15 is 0 Å². The Kier molecular flexibility index (Phi) is 3.56. The number of rotatable bonds is 2. The summed E-state index contributed by atoms with van der Waals surface area (Å²) in [7, 11) is 1.57. The lowest BCUT2D eigenvalue weighted by molar-refractivity contribution is 0.0777. The summed E-state index contributed by atoms with van der Waals surface area (Å²) in [6.45, 7) is 2.52. The highest BCUT2D eigenvalue weighted by molar-refractivity contribution is 5.96. The minimum atomic E-state index is 0.0156. The van der Waals surface area contributed by atoms with Crippen molar-refractivity contribution in [2.75, 3.05) is 33.4 Å². The van der Waals surface area contributed by atoms with Crippen molar-refractivity contribution in [2.45, 2.75) is 18.9 Å². The summed E-state index contributed by atoms with van der Waals surface area (Å²) in [6.07, 6.45) is 2.20. The standard InChI is InChI=1S/C17H22N2O4/c1-21-14-6-11(7-15-16(14)23-5-4-22-15)17(20)19-8-10-2-3-13(18)12(10)9-19/h6-7,10,12-13H,2-5,8-9,18H2,1H3. The summed E-state index contributed by atoms with van der Waals surface area (Å²) in [6, 6.07) is 3.73. The van der Waals surface area contributed by atoms with Gasteiger partial charge in [-0.3, -0.25) is 4.79 Å². The zero-order chi connectivity index (χ0) is 16.0. The highest BCUT2D eigenvalue weighted by Crippen LogP contribution is 2.42. The summed E-state index contributed by atoms with van der Waals surface area (Å²) >= 11 is 0. The SMILES string of the molecule is COc1cc(C(=O)N2CC3CCC(N)C3C2)cc2c1OCCO2. The van der Waals surface area contributed by atoms with Gasteiger partial charge in [0, 0.05) is 24.7 Å². The van der Waals surface area contributed by atoms with Gasteiger partial charge in [-0.2, -0.15) is 0 Å². The third-order valence-corrected chi connectivity index (χ3v) is 5.27. The van der Waals surface area contributed by atoms with E-state index < -0.39 is 0 Å². The number of fused-ring (bicyclic) bond motifs is 2. The molecule has 1 aliphatic carbocycles. The average molecular weight is 318 g/mol. The molecule has 0 radical (unpaired) electrons. The van der Waals surface area contributed by atoms with Crippen molar-refractivity contribution < 1.29 is 19.0 Å². The van der Waals surface area contributed by atoms with Gasteiger partial charge in [-0.25, -0.2) is 0 Å². The maximum Gasteiger partial charge on any atom is 0.254 e. The van der Waals surface area contributed by atoms with E-state index in [4.69, 9.17) is 19.9 Å². The molecule has 124 valence electrons. The number of likely N-dealkylation sites (tertiary alicyclic amines) is 1. The maximum absolute atomic E-state index is 12.9. The smallest absolute Gasteiger partial charge is 0.254 e. The van der Waals surface area contributed by atoms with Crippen LogP contribution in [0.15, 0.2) is 12.1 Å². The molecule has 0 bridgehead atoms. The van der Waals surface area contributed by atoms with E-state index in [2.05, 4.69) is 0 Å². The number of carbonyl (C=O) groups is 1. The van der Waals surface area contributed by atoms with E-state index in [0.717, 1.165) is 25.9 Å². The second-order valence-corrected chi connectivity index (χ2v) is 6.58. The Labute approximate surface area is 135 Å². The van der Waals surface area contributed by atoms with Gasteiger partial charge in [0.2, 0.25) is 5.75 Å². The first kappa shape index (κ1) is 14.6. The highest BCUT2D eigenvalue weighted by Gasteiger charge is 2.42. The third-order valence-electron chi connectivity index (χ3n) is 5.27. The van der Waals surface area contributed by atoms with Crippen LogP contribution in [0.4, 0.5) is 0 Å². The first-order chi connectivity index (χ1) is 11.2. The van der Waals surface area contributed by atoms with Gasteiger partial charge < -0.3 is 24.8 Å². The van der Waals surface area contributed by atoms with Crippen LogP contribution in [0.3, 0.4) is 0 Å². The van der Waals surface area contributed by atoms with Crippen molar-refractivity contribution in [3.05, 3.63) is 17.7 Å². The first-order valence-corrected chi connectivity index (χ1v) is 8.20. The molecule has 3 atom stereocenters. The molecule has 2 N–H and O–H groups in total. The quantitative estimate of drug-likeness (QED) is 0.889. The molecular weight excluding hydrogens is 296 g/mol. The maximum atomic E-state index is 12.9. The number of methoxy groups -OCH3 is 1. The summed E-state index contributed by atoms with van der Waals surface area (Å²) in [5.74, 6) is 2.71. The summed E-state index contributed by atoms with van der Waals surface area (Å²) in [5.41, 5.74) is 6.75. The van der Waals surface area contributed by atoms with Gasteiger partial charge in [-0.1, -0.05) is 0 Å². The second-order valence-electron chi connectivity index (χ2n) is 6.58. The zero-order valence-corrected chi connectivity index (χ0v) is 13.3. The largest absolute Gasteiger partial charge is 0.493 e. The van der Waals surface area contributed by atoms with Gasteiger partial charge in [0.25, 0.3) is 5.91 Å². The number of nitrogens with zero attached hydrogens (tertiary/aromatic N) is 1. The van der Waals surface area contributed by atoms with Gasteiger partial charge in [0.15, 0.2) is 11.5 Å². The Morgan fingerprint density at radius 1 is 1.26 bits per heavy atom. The van der Waals surface area contributed by atoms with Gasteiger partial charge in [0.1, 0.15) is 13.2 Å². The topological polar surface area (TPSA) is 74.0 Å². The van der Waals surface area contributed by atoms with Crippen LogP contribution in [-0.4, -0.2) is 50.3 Å². The Balaban J connectivity index is 1.59. The molecule has 1 aromatic carbocycles. The van der Waals surface area contributed by atoms with Crippen molar-refractivity contribution >= 4 is 5.91 Å². The molecular formula is C17H22N2O4. The molecule has 6 nitrogen and oxygen atoms in total. The summed E-state index contributed by atoms with van der Waals surface area (Å²) < 4.78 is 16.6. The molecule has 1 saturated heterocycles. The molecule has 2 heterocycles. The van der Waals surface area contributed by atoms with Crippen LogP contribution in [-0.2, 0) is 0 Å². The fourth-order valence-corrected chi connectivity index (χ4v) is 4.05. The Morgan fingerprint density at radius 3 is 2.87 bits per heavy atom. The minimum absolute atomic E-state index is 0.0156. The van der Waals surface area contributed by atoms with Gasteiger partial charge in [-0.15, -0.1) is 0 Å². The lowest BCUT2D eigenvalue weighted by Crippen LogP contribution is -2.33. The molecule has 2 aliphatic heterocycles. The van der Waals surface area contributed by atoms with Gasteiger partial charge >= 0.3 is 0 Å². The third kappa shape index (κ3) is 2.41. The number of hydrogen-bond acceptors (Lipinski definition) is 5. The molecule has 23 heavy (non-hydrogen) atoms. The average Bonchev–Trinajstić information content (AvgIpc) is 3.15. The number of nitrogens with two attached hydrogens (primary N) is 1. The molecule has 3 aliphatic rings. The van der Waals surface area contributed by atoms with Crippen LogP contribution in [0.25, 0.3) is 0 Å². The van der Waals surface area contributed by atoms with Gasteiger partial charge in [0.05, 0.1) is 7.11 Å². The van der Waals surface area contributed by atoms with E-state index in [0.29, 0.717) is 47.9 Å². The van der Waals surface area contributed by atoms with E-state index in [1.165, 1.54) is 0 Å². The van der Waals surface area contributed by atoms with Crippen molar-refractivity contribution in [3.8, 4) is 17.2 Å². The Hall–Kier alpha value is -1.95. The fraction of sp³-hybridized carbons (Fsp3) is 0.588. The van der Waals surface area contributed by atoms with Crippen LogP contribution in [0.5, 0.6) is 17.2 Å². The molecule has 3 unspecified atom stereocenters. The van der Waals surface area contributed by atoms with Gasteiger partial charge in [-0.05, 0) is 36.8 Å². The number of hydrogen-bond donors (Lipinski definition) is 1. The van der Waals surface area contributed by atoms with Crippen molar-refractivity contribution in [1.82, 2.24) is 4.90 Å². The molecule has 1 amide bonds. The van der Waals surface area contributed by atoms with Crippen molar-refractivity contribution in [2.24, 2.45) is 17.6 Å². The predicted octanol–water partition coefficient (Wildman–Crippen LogP) is 1.28. The number of ether oxygens (including phenoxy) is 3. The van der Waals surface area contributed by atoms with Crippen LogP contribution >= 0.6 is 0 Å². The molecule has 1 saturated carbocycles. The summed E-state index contributed by atoms with van der Waals surface area (Å²) in [4.78, 5) is 14.8. The normalized spacial score (nSPS) is 28.6. The number of amides is 1. The molecule has 6 heteroatoms. The molecule has 1 aromatic rings. The molecule has 2 fully saturated rings. The van der Waals surface area contributed by atoms with E-state index in [-0.39, 0.29) is 11.9 Å². The lowest BCUT2D eigenvalue weighted by atomic mass is 9.98. The highest BCUT2D eigenvalue weighted by atomic mass is 16.6. The monoisotopic (exact) mass is 318 g/mol. The van der Waals surface area contributed by atoms with E-state index in [1.54, 1.807) is 19.2 Å². The second kappa shape index (κ2) is 5.60. The van der Waals surface area contributed by atoms with Crippen LogP contribution in [0, 0.1) is 11.8 Å².